The Hall–Kier alpha value is -0.870. The molecule has 1 aliphatic rings. The molecule has 106 valence electrons. The summed E-state index contributed by atoms with van der Waals surface area (Å²) in [5.41, 5.74) is 7.14. The zero-order valence-electron chi connectivity index (χ0n) is 12.1. The maximum Gasteiger partial charge on any atom is 0.261 e. The van der Waals surface area contributed by atoms with E-state index < -0.39 is 0 Å². The number of amides is 1. The quantitative estimate of drug-likeness (QED) is 0.894. The number of carbonyl (C=O) groups excluding carboxylic acids is 1. The van der Waals surface area contributed by atoms with E-state index in [-0.39, 0.29) is 17.4 Å². The number of nitrogens with one attached hydrogen (secondary N) is 1. The largest absolute Gasteiger partial charge is 0.347 e. The van der Waals surface area contributed by atoms with Crippen molar-refractivity contribution in [3.63, 3.8) is 0 Å². The molecule has 2 rings (SSSR count). The summed E-state index contributed by atoms with van der Waals surface area (Å²) in [6.07, 6.45) is 4.76. The molecule has 1 atom stereocenters. The highest BCUT2D eigenvalue weighted by Crippen LogP contribution is 2.30. The number of nitrogens with two attached hydrogens (primary N) is 1. The maximum absolute atomic E-state index is 12.3. The Balaban J connectivity index is 2.09. The molecular formula is C15H24N2OS. The van der Waals surface area contributed by atoms with Gasteiger partial charge in [0.1, 0.15) is 0 Å². The second kappa shape index (κ2) is 5.63. The molecule has 3 nitrogen and oxygen atoms in total. The van der Waals surface area contributed by atoms with Gasteiger partial charge in [0, 0.05) is 17.5 Å². The Bertz CT molecular complexity index is 436. The monoisotopic (exact) mass is 280 g/mol. The van der Waals surface area contributed by atoms with Crippen LogP contribution in [0.1, 0.15) is 53.7 Å². The molecule has 0 saturated heterocycles. The van der Waals surface area contributed by atoms with Crippen molar-refractivity contribution in [2.24, 2.45) is 11.1 Å². The van der Waals surface area contributed by atoms with E-state index in [1.807, 2.05) is 0 Å². The molecule has 0 bridgehead atoms. The molecule has 1 amide bonds. The molecule has 19 heavy (non-hydrogen) atoms. The van der Waals surface area contributed by atoms with E-state index in [1.165, 1.54) is 23.3 Å². The first-order chi connectivity index (χ1) is 8.91. The highest BCUT2D eigenvalue weighted by molar-refractivity contribution is 7.14. The molecule has 0 aliphatic heterocycles. The Kier molecular flexibility index (Phi) is 4.31. The predicted octanol–water partition coefficient (Wildman–Crippen LogP) is 2.73. The van der Waals surface area contributed by atoms with Crippen molar-refractivity contribution in [2.75, 3.05) is 6.54 Å². The normalized spacial score (nSPS) is 16.8. The number of carbonyl (C=O) groups is 1. The fraction of sp³-hybridized carbons (Fsp3) is 0.667. The molecule has 0 saturated carbocycles. The van der Waals surface area contributed by atoms with E-state index in [1.54, 1.807) is 11.3 Å². The zero-order valence-corrected chi connectivity index (χ0v) is 12.9. The first-order valence-electron chi connectivity index (χ1n) is 7.04. The first kappa shape index (κ1) is 14.5. The van der Waals surface area contributed by atoms with E-state index in [0.717, 1.165) is 17.7 Å². The third-order valence-electron chi connectivity index (χ3n) is 3.81. The van der Waals surface area contributed by atoms with Gasteiger partial charge in [0.15, 0.2) is 0 Å². The predicted molar refractivity (Wildman–Crippen MR) is 80.7 cm³/mol. The first-order valence-corrected chi connectivity index (χ1v) is 7.86. The molecule has 0 fully saturated rings. The zero-order chi connectivity index (χ0) is 14.0. The van der Waals surface area contributed by atoms with Gasteiger partial charge in [-0.1, -0.05) is 20.8 Å². The molecule has 1 aliphatic carbocycles. The number of hydrogen-bond donors (Lipinski definition) is 2. The number of aryl methyl sites for hydroxylation is 2. The van der Waals surface area contributed by atoms with Crippen molar-refractivity contribution in [1.82, 2.24) is 5.32 Å². The third kappa shape index (κ3) is 3.37. The van der Waals surface area contributed by atoms with Crippen molar-refractivity contribution in [2.45, 2.75) is 52.5 Å². The van der Waals surface area contributed by atoms with Crippen LogP contribution in [0.4, 0.5) is 0 Å². The van der Waals surface area contributed by atoms with Gasteiger partial charge in [-0.15, -0.1) is 11.3 Å². The second-order valence-corrected chi connectivity index (χ2v) is 7.53. The minimum atomic E-state index is -0.0126. The third-order valence-corrected chi connectivity index (χ3v) is 5.04. The van der Waals surface area contributed by atoms with Crippen LogP contribution in [0.5, 0.6) is 0 Å². The van der Waals surface area contributed by atoms with Gasteiger partial charge in [0.25, 0.3) is 5.91 Å². The molecule has 0 spiro atoms. The lowest BCUT2D eigenvalue weighted by molar-refractivity contribution is 0.0909. The van der Waals surface area contributed by atoms with Crippen LogP contribution in [-0.4, -0.2) is 18.5 Å². The lowest BCUT2D eigenvalue weighted by atomic mass is 9.87. The van der Waals surface area contributed by atoms with E-state index in [2.05, 4.69) is 32.2 Å². The average Bonchev–Trinajstić information content (AvgIpc) is 2.77. The Labute approximate surface area is 119 Å². The molecule has 1 unspecified atom stereocenters. The summed E-state index contributed by atoms with van der Waals surface area (Å²) < 4.78 is 0. The Morgan fingerprint density at radius 2 is 2.11 bits per heavy atom. The van der Waals surface area contributed by atoms with Gasteiger partial charge in [-0.2, -0.15) is 0 Å². The van der Waals surface area contributed by atoms with Gasteiger partial charge in [-0.3, -0.25) is 4.79 Å². The molecular weight excluding hydrogens is 256 g/mol. The fourth-order valence-electron chi connectivity index (χ4n) is 2.46. The van der Waals surface area contributed by atoms with Crippen LogP contribution < -0.4 is 11.1 Å². The highest BCUT2D eigenvalue weighted by atomic mass is 32.1. The van der Waals surface area contributed by atoms with Crippen LogP contribution in [-0.2, 0) is 12.8 Å². The standard InChI is InChI=1S/C15H24N2OS/c1-15(2,3)13(9-16)17-14(18)12-8-10-6-4-5-7-11(10)19-12/h8,13H,4-7,9,16H2,1-3H3,(H,17,18). The summed E-state index contributed by atoms with van der Waals surface area (Å²) in [4.78, 5) is 14.6. The van der Waals surface area contributed by atoms with Gasteiger partial charge in [-0.05, 0) is 42.7 Å². The van der Waals surface area contributed by atoms with Crippen LogP contribution in [0, 0.1) is 5.41 Å². The van der Waals surface area contributed by atoms with Gasteiger partial charge in [0.05, 0.1) is 4.88 Å². The number of fused-ring (bicyclic) bond motifs is 1. The van der Waals surface area contributed by atoms with E-state index in [9.17, 15) is 4.79 Å². The number of rotatable bonds is 3. The summed E-state index contributed by atoms with van der Waals surface area (Å²) in [5.74, 6) is 0.0322. The summed E-state index contributed by atoms with van der Waals surface area (Å²) in [7, 11) is 0. The fourth-order valence-corrected chi connectivity index (χ4v) is 3.62. The van der Waals surface area contributed by atoms with Crippen LogP contribution in [0.25, 0.3) is 0 Å². The SMILES string of the molecule is CC(C)(C)C(CN)NC(=O)c1cc2c(s1)CCCC2. The van der Waals surface area contributed by atoms with Crippen LogP contribution in [0.2, 0.25) is 0 Å². The molecule has 0 radical (unpaired) electrons. The summed E-state index contributed by atoms with van der Waals surface area (Å²) >= 11 is 1.65. The van der Waals surface area contributed by atoms with Crippen molar-refractivity contribution in [1.29, 1.82) is 0 Å². The van der Waals surface area contributed by atoms with Crippen molar-refractivity contribution in [3.05, 3.63) is 21.4 Å². The number of hydrogen-bond acceptors (Lipinski definition) is 3. The summed E-state index contributed by atoms with van der Waals surface area (Å²) in [6, 6.07) is 2.09. The summed E-state index contributed by atoms with van der Waals surface area (Å²) in [5, 5.41) is 3.08. The molecule has 1 heterocycles. The van der Waals surface area contributed by atoms with Gasteiger partial charge >= 0.3 is 0 Å². The van der Waals surface area contributed by atoms with Gasteiger partial charge < -0.3 is 11.1 Å². The summed E-state index contributed by atoms with van der Waals surface area (Å²) in [6.45, 7) is 6.78. The Morgan fingerprint density at radius 3 is 2.68 bits per heavy atom. The van der Waals surface area contributed by atoms with Crippen LogP contribution in [0.15, 0.2) is 6.07 Å². The number of thiophene rings is 1. The average molecular weight is 280 g/mol. The smallest absolute Gasteiger partial charge is 0.261 e. The van der Waals surface area contributed by atoms with Crippen LogP contribution in [0.3, 0.4) is 0 Å². The van der Waals surface area contributed by atoms with Crippen molar-refractivity contribution in [3.8, 4) is 0 Å². The van der Waals surface area contributed by atoms with E-state index in [4.69, 9.17) is 5.73 Å². The minimum Gasteiger partial charge on any atom is -0.347 e. The molecule has 1 aromatic heterocycles. The van der Waals surface area contributed by atoms with E-state index >= 15 is 0 Å². The topological polar surface area (TPSA) is 55.1 Å². The molecule has 4 heteroatoms. The molecule has 1 aromatic rings. The Morgan fingerprint density at radius 1 is 1.42 bits per heavy atom. The highest BCUT2D eigenvalue weighted by Gasteiger charge is 2.26. The lowest BCUT2D eigenvalue weighted by Gasteiger charge is -2.30. The second-order valence-electron chi connectivity index (χ2n) is 6.39. The van der Waals surface area contributed by atoms with Gasteiger partial charge in [0.2, 0.25) is 0 Å². The molecule has 3 N–H and O–H groups in total. The minimum absolute atomic E-state index is 0.0126. The molecule has 0 aromatic carbocycles. The van der Waals surface area contributed by atoms with Crippen molar-refractivity contribution < 1.29 is 4.79 Å². The van der Waals surface area contributed by atoms with E-state index in [0.29, 0.717) is 6.54 Å². The van der Waals surface area contributed by atoms with Crippen molar-refractivity contribution >= 4 is 17.2 Å². The lowest BCUT2D eigenvalue weighted by Crippen LogP contribution is -2.48. The van der Waals surface area contributed by atoms with Gasteiger partial charge in [-0.25, -0.2) is 0 Å². The maximum atomic E-state index is 12.3. The van der Waals surface area contributed by atoms with Crippen LogP contribution >= 0.6 is 11.3 Å².